The van der Waals surface area contributed by atoms with Crippen LogP contribution in [0.1, 0.15) is 205 Å². The molecule has 0 unspecified atom stereocenters. The predicted molar refractivity (Wildman–Crippen MR) is 234 cm³/mol. The SMILES string of the molecule is CCCCCCCCCCCCCCCCN(CCCCCCCCCCCCCCCC)c1ccc(C=CCc2ccnc3ccccc23)cc1. The Morgan fingerprint density at radius 2 is 0.885 bits per heavy atom. The third-order valence-corrected chi connectivity index (χ3v) is 11.2. The van der Waals surface area contributed by atoms with Gasteiger partial charge in [0.1, 0.15) is 0 Å². The number of unbranched alkanes of at least 4 members (excludes halogenated alkanes) is 26. The Kier molecular flexibility index (Phi) is 25.9. The molecule has 2 aromatic carbocycles. The lowest BCUT2D eigenvalue weighted by atomic mass is 10.0. The van der Waals surface area contributed by atoms with Crippen LogP contribution < -0.4 is 4.90 Å². The minimum Gasteiger partial charge on any atom is -0.372 e. The highest BCUT2D eigenvalue weighted by Crippen LogP contribution is 2.21. The molecule has 52 heavy (non-hydrogen) atoms. The standard InChI is InChI=1S/C50H80N2/c1-3-5-7-9-11-13-15-17-19-21-23-25-27-31-44-52(45-32-28-26-24-22-20-18-16-14-12-10-8-6-4-2)48-40-38-46(39-41-48)34-33-35-47-42-43-51-50-37-30-29-36-49(47)50/h29-30,33-34,36-43H,3-28,31-32,35,44-45H2,1-2H3. The third kappa shape index (κ3) is 20.6. The van der Waals surface area contributed by atoms with Gasteiger partial charge in [0.2, 0.25) is 0 Å². The second-order valence-corrected chi connectivity index (χ2v) is 15.9. The molecule has 3 rings (SSSR count). The zero-order chi connectivity index (χ0) is 36.6. The van der Waals surface area contributed by atoms with Crippen LogP contribution in [0.3, 0.4) is 0 Å². The molecule has 2 nitrogen and oxygen atoms in total. The smallest absolute Gasteiger partial charge is 0.0704 e. The minimum absolute atomic E-state index is 0.926. The summed E-state index contributed by atoms with van der Waals surface area (Å²) in [5, 5.41) is 1.26. The van der Waals surface area contributed by atoms with Gasteiger partial charge in [0.15, 0.2) is 0 Å². The van der Waals surface area contributed by atoms with Gasteiger partial charge in [-0.1, -0.05) is 223 Å². The molecule has 0 amide bonds. The molecule has 0 bridgehead atoms. The lowest BCUT2D eigenvalue weighted by Crippen LogP contribution is -2.25. The van der Waals surface area contributed by atoms with Gasteiger partial charge in [-0.05, 0) is 54.7 Å². The molecule has 0 aliphatic carbocycles. The van der Waals surface area contributed by atoms with Crippen molar-refractivity contribution in [3.05, 3.63) is 78.0 Å². The summed E-state index contributed by atoms with van der Waals surface area (Å²) >= 11 is 0. The molecule has 0 radical (unpaired) electrons. The molecule has 290 valence electrons. The summed E-state index contributed by atoms with van der Waals surface area (Å²) in [7, 11) is 0. The summed E-state index contributed by atoms with van der Waals surface area (Å²) in [4.78, 5) is 7.22. The van der Waals surface area contributed by atoms with Crippen LogP contribution in [-0.4, -0.2) is 18.1 Å². The van der Waals surface area contributed by atoms with Gasteiger partial charge in [-0.25, -0.2) is 0 Å². The van der Waals surface area contributed by atoms with Crippen molar-refractivity contribution in [2.75, 3.05) is 18.0 Å². The van der Waals surface area contributed by atoms with Gasteiger partial charge >= 0.3 is 0 Å². The molecule has 1 heterocycles. The van der Waals surface area contributed by atoms with Crippen LogP contribution in [-0.2, 0) is 6.42 Å². The fourth-order valence-corrected chi connectivity index (χ4v) is 7.82. The molecule has 1 aromatic heterocycles. The first kappa shape index (κ1) is 43.8. The van der Waals surface area contributed by atoms with Gasteiger partial charge < -0.3 is 4.90 Å². The Morgan fingerprint density at radius 3 is 1.35 bits per heavy atom. The Labute approximate surface area is 322 Å². The summed E-state index contributed by atoms with van der Waals surface area (Å²) in [6.45, 7) is 7.01. The first-order valence-corrected chi connectivity index (χ1v) is 22.7. The molecule has 0 saturated heterocycles. The molecule has 0 spiro atoms. The van der Waals surface area contributed by atoms with Gasteiger partial charge in [0, 0.05) is 30.4 Å². The molecular formula is C50H80N2. The largest absolute Gasteiger partial charge is 0.372 e. The lowest BCUT2D eigenvalue weighted by Gasteiger charge is -2.25. The fraction of sp³-hybridized carbons (Fsp3) is 0.660. The number of nitrogens with zero attached hydrogens (tertiary/aromatic N) is 2. The predicted octanol–water partition coefficient (Wildman–Crippen LogP) is 16.3. The van der Waals surface area contributed by atoms with E-state index in [9.17, 15) is 0 Å². The normalized spacial score (nSPS) is 11.7. The molecular weight excluding hydrogens is 629 g/mol. The lowest BCUT2D eigenvalue weighted by molar-refractivity contribution is 0.529. The molecule has 0 aliphatic heterocycles. The van der Waals surface area contributed by atoms with Crippen molar-refractivity contribution in [2.24, 2.45) is 0 Å². The van der Waals surface area contributed by atoms with E-state index < -0.39 is 0 Å². The maximum absolute atomic E-state index is 4.53. The maximum atomic E-state index is 4.53. The van der Waals surface area contributed by atoms with Crippen molar-refractivity contribution in [1.29, 1.82) is 0 Å². The number of anilines is 1. The van der Waals surface area contributed by atoms with E-state index in [-0.39, 0.29) is 0 Å². The average Bonchev–Trinajstić information content (AvgIpc) is 3.17. The number of pyridine rings is 1. The van der Waals surface area contributed by atoms with Crippen LogP contribution in [0.25, 0.3) is 17.0 Å². The fourth-order valence-electron chi connectivity index (χ4n) is 7.82. The van der Waals surface area contributed by atoms with Gasteiger partial charge in [0.25, 0.3) is 0 Å². The van der Waals surface area contributed by atoms with Crippen molar-refractivity contribution in [1.82, 2.24) is 4.98 Å². The number of para-hydroxylation sites is 1. The molecule has 0 N–H and O–H groups in total. The zero-order valence-electron chi connectivity index (χ0n) is 34.2. The van der Waals surface area contributed by atoms with E-state index in [1.165, 1.54) is 215 Å². The Balaban J connectivity index is 1.35. The van der Waals surface area contributed by atoms with E-state index in [0.717, 1.165) is 11.9 Å². The number of benzene rings is 2. The van der Waals surface area contributed by atoms with Crippen molar-refractivity contribution in [3.8, 4) is 0 Å². The second kappa shape index (κ2) is 30.8. The van der Waals surface area contributed by atoms with E-state index >= 15 is 0 Å². The van der Waals surface area contributed by atoms with Gasteiger partial charge in [-0.15, -0.1) is 0 Å². The van der Waals surface area contributed by atoms with Gasteiger partial charge in [-0.2, -0.15) is 0 Å². The summed E-state index contributed by atoms with van der Waals surface area (Å²) in [6, 6.07) is 20.0. The van der Waals surface area contributed by atoms with Crippen molar-refractivity contribution >= 4 is 22.7 Å². The van der Waals surface area contributed by atoms with Crippen LogP contribution in [0, 0.1) is 0 Å². The maximum Gasteiger partial charge on any atom is 0.0704 e. The minimum atomic E-state index is 0.926. The number of allylic oxidation sites excluding steroid dienone is 1. The quantitative estimate of drug-likeness (QED) is 0.0574. The number of rotatable bonds is 34. The molecule has 0 fully saturated rings. The molecule has 0 saturated carbocycles. The highest BCUT2D eigenvalue weighted by molar-refractivity contribution is 5.82. The van der Waals surface area contributed by atoms with Crippen LogP contribution >= 0.6 is 0 Å². The third-order valence-electron chi connectivity index (χ3n) is 11.2. The van der Waals surface area contributed by atoms with Crippen molar-refractivity contribution in [2.45, 2.75) is 200 Å². The van der Waals surface area contributed by atoms with Crippen LogP contribution in [0.2, 0.25) is 0 Å². The highest BCUT2D eigenvalue weighted by atomic mass is 15.1. The Hall–Kier alpha value is -2.61. The molecule has 3 aromatic rings. The number of hydrogen-bond acceptors (Lipinski definition) is 2. The Bertz CT molecular complexity index is 1220. The van der Waals surface area contributed by atoms with Crippen LogP contribution in [0.15, 0.2) is 66.9 Å². The summed E-state index contributed by atoms with van der Waals surface area (Å²) in [6.07, 6.45) is 47.2. The topological polar surface area (TPSA) is 16.1 Å². The Morgan fingerprint density at radius 1 is 0.462 bits per heavy atom. The van der Waals surface area contributed by atoms with E-state index in [1.54, 1.807) is 0 Å². The van der Waals surface area contributed by atoms with Gasteiger partial charge in [0.05, 0.1) is 5.52 Å². The van der Waals surface area contributed by atoms with Crippen LogP contribution in [0.4, 0.5) is 5.69 Å². The van der Waals surface area contributed by atoms with Gasteiger partial charge in [-0.3, -0.25) is 4.98 Å². The number of aromatic nitrogens is 1. The summed E-state index contributed by atoms with van der Waals surface area (Å²) in [5.41, 5.74) is 5.11. The van der Waals surface area contributed by atoms with Crippen molar-refractivity contribution < 1.29 is 0 Å². The first-order chi connectivity index (χ1) is 25.8. The van der Waals surface area contributed by atoms with E-state index in [0.29, 0.717) is 0 Å². The highest BCUT2D eigenvalue weighted by Gasteiger charge is 2.07. The van der Waals surface area contributed by atoms with Crippen LogP contribution in [0.5, 0.6) is 0 Å². The zero-order valence-corrected chi connectivity index (χ0v) is 34.2. The molecule has 0 atom stereocenters. The van der Waals surface area contributed by atoms with E-state index in [2.05, 4.69) is 90.5 Å². The monoisotopic (exact) mass is 709 g/mol. The molecule has 0 aliphatic rings. The summed E-state index contributed by atoms with van der Waals surface area (Å²) in [5.74, 6) is 0. The molecule has 2 heteroatoms. The average molecular weight is 709 g/mol. The van der Waals surface area contributed by atoms with Crippen molar-refractivity contribution in [3.63, 3.8) is 0 Å². The number of hydrogen-bond donors (Lipinski definition) is 0. The van der Waals surface area contributed by atoms with E-state index in [4.69, 9.17) is 0 Å². The first-order valence-electron chi connectivity index (χ1n) is 22.7. The van der Waals surface area contributed by atoms with E-state index in [1.807, 2.05) is 6.20 Å². The number of fused-ring (bicyclic) bond motifs is 1. The second-order valence-electron chi connectivity index (χ2n) is 15.9. The summed E-state index contributed by atoms with van der Waals surface area (Å²) < 4.78 is 0.